The minimum absolute atomic E-state index is 0.158. The molecular formula is C18H15BrN2O2. The van der Waals surface area contributed by atoms with E-state index in [4.69, 9.17) is 0 Å². The molecule has 116 valence electrons. The van der Waals surface area contributed by atoms with Gasteiger partial charge in [0, 0.05) is 28.2 Å². The van der Waals surface area contributed by atoms with E-state index in [1.165, 1.54) is 5.56 Å². The quantitative estimate of drug-likeness (QED) is 0.449. The molecule has 1 heterocycles. The van der Waals surface area contributed by atoms with Gasteiger partial charge in [-0.25, -0.2) is 0 Å². The summed E-state index contributed by atoms with van der Waals surface area (Å²) < 4.78 is 1.06. The van der Waals surface area contributed by atoms with Gasteiger partial charge in [-0.2, -0.15) is 0 Å². The molecule has 0 amide bonds. The molecule has 0 saturated carbocycles. The molecule has 5 heteroatoms. The van der Waals surface area contributed by atoms with Gasteiger partial charge in [0.1, 0.15) is 0 Å². The number of nitro benzene ring substituents is 1. The number of fused-ring (bicyclic) bond motifs is 3. The third-order valence-corrected chi connectivity index (χ3v) is 5.26. The van der Waals surface area contributed by atoms with Crippen molar-refractivity contribution in [1.82, 2.24) is 0 Å². The highest BCUT2D eigenvalue weighted by molar-refractivity contribution is 9.10. The Morgan fingerprint density at radius 2 is 2.09 bits per heavy atom. The Kier molecular flexibility index (Phi) is 3.45. The van der Waals surface area contributed by atoms with Crippen LogP contribution in [0.2, 0.25) is 0 Å². The zero-order valence-electron chi connectivity index (χ0n) is 12.3. The second-order valence-corrected chi connectivity index (χ2v) is 6.97. The zero-order chi connectivity index (χ0) is 16.0. The van der Waals surface area contributed by atoms with Crippen LogP contribution in [0.25, 0.3) is 0 Å². The minimum atomic E-state index is -0.325. The molecule has 2 aromatic rings. The number of allylic oxidation sites excluding steroid dienone is 2. The number of non-ortho nitro benzene ring substituents is 1. The SMILES string of the molecule is O=[N+]([O-])c1ccc2c(c1)[C@H]1C=CC[C@H]1[C@H](c1cccc(Br)c1)N2. The molecule has 0 unspecified atom stereocenters. The lowest BCUT2D eigenvalue weighted by molar-refractivity contribution is -0.384. The molecule has 0 radical (unpaired) electrons. The molecule has 0 bridgehead atoms. The number of benzene rings is 2. The van der Waals surface area contributed by atoms with Gasteiger partial charge in [0.05, 0.1) is 11.0 Å². The van der Waals surface area contributed by atoms with E-state index < -0.39 is 0 Å². The van der Waals surface area contributed by atoms with Crippen molar-refractivity contribution in [3.63, 3.8) is 0 Å². The van der Waals surface area contributed by atoms with Gasteiger partial charge in [0.2, 0.25) is 0 Å². The fraction of sp³-hybridized carbons (Fsp3) is 0.222. The Bertz CT molecular complexity index is 818. The first-order valence-corrected chi connectivity index (χ1v) is 8.40. The molecule has 1 N–H and O–H groups in total. The topological polar surface area (TPSA) is 55.2 Å². The summed E-state index contributed by atoms with van der Waals surface area (Å²) >= 11 is 3.54. The Hall–Kier alpha value is -2.14. The number of halogens is 1. The molecule has 0 spiro atoms. The van der Waals surface area contributed by atoms with Crippen molar-refractivity contribution in [2.75, 3.05) is 5.32 Å². The lowest BCUT2D eigenvalue weighted by Crippen LogP contribution is -2.29. The molecule has 3 atom stereocenters. The van der Waals surface area contributed by atoms with Crippen LogP contribution in [0.4, 0.5) is 11.4 Å². The van der Waals surface area contributed by atoms with Crippen molar-refractivity contribution in [1.29, 1.82) is 0 Å². The Balaban J connectivity index is 1.79. The van der Waals surface area contributed by atoms with Crippen LogP contribution < -0.4 is 5.32 Å². The molecule has 0 fully saturated rings. The summed E-state index contributed by atoms with van der Waals surface area (Å²) in [6, 6.07) is 13.7. The van der Waals surface area contributed by atoms with Crippen molar-refractivity contribution in [2.24, 2.45) is 5.92 Å². The number of rotatable bonds is 2. The largest absolute Gasteiger partial charge is 0.378 e. The first-order chi connectivity index (χ1) is 11.1. The van der Waals surface area contributed by atoms with Crippen molar-refractivity contribution in [2.45, 2.75) is 18.4 Å². The summed E-state index contributed by atoms with van der Waals surface area (Å²) in [5.74, 6) is 0.619. The van der Waals surface area contributed by atoms with Crippen molar-refractivity contribution in [3.05, 3.63) is 80.3 Å². The van der Waals surface area contributed by atoms with Gasteiger partial charge in [0.15, 0.2) is 0 Å². The second-order valence-electron chi connectivity index (χ2n) is 6.06. The van der Waals surface area contributed by atoms with Crippen LogP contribution in [-0.4, -0.2) is 4.92 Å². The van der Waals surface area contributed by atoms with Gasteiger partial charge in [-0.1, -0.05) is 40.2 Å². The summed E-state index contributed by atoms with van der Waals surface area (Å²) in [6.45, 7) is 0. The molecule has 2 aromatic carbocycles. The minimum Gasteiger partial charge on any atom is -0.378 e. The fourth-order valence-electron chi connectivity index (χ4n) is 3.73. The molecule has 4 rings (SSSR count). The lowest BCUT2D eigenvalue weighted by atomic mass is 9.77. The third-order valence-electron chi connectivity index (χ3n) is 4.76. The van der Waals surface area contributed by atoms with Crippen LogP contribution >= 0.6 is 15.9 Å². The van der Waals surface area contributed by atoms with Crippen molar-refractivity contribution in [3.8, 4) is 0 Å². The summed E-state index contributed by atoms with van der Waals surface area (Å²) in [6.07, 6.45) is 5.37. The molecule has 0 saturated heterocycles. The van der Waals surface area contributed by atoms with E-state index in [2.05, 4.69) is 45.5 Å². The summed E-state index contributed by atoms with van der Waals surface area (Å²) in [5, 5.41) is 14.7. The number of hydrogen-bond acceptors (Lipinski definition) is 3. The van der Waals surface area contributed by atoms with Gasteiger partial charge in [-0.3, -0.25) is 10.1 Å². The lowest BCUT2D eigenvalue weighted by Gasteiger charge is -2.37. The third kappa shape index (κ3) is 2.45. The Morgan fingerprint density at radius 3 is 2.87 bits per heavy atom. The highest BCUT2D eigenvalue weighted by atomic mass is 79.9. The van der Waals surface area contributed by atoms with Crippen LogP contribution in [0.15, 0.2) is 59.1 Å². The Morgan fingerprint density at radius 1 is 1.22 bits per heavy atom. The van der Waals surface area contributed by atoms with Crippen LogP contribution in [0.1, 0.15) is 29.5 Å². The van der Waals surface area contributed by atoms with E-state index >= 15 is 0 Å². The van der Waals surface area contributed by atoms with Crippen molar-refractivity contribution < 1.29 is 4.92 Å². The number of nitro groups is 1. The number of hydrogen-bond donors (Lipinski definition) is 1. The molecule has 0 aromatic heterocycles. The average molecular weight is 371 g/mol. The van der Waals surface area contributed by atoms with Gasteiger partial charge in [-0.05, 0) is 41.7 Å². The number of anilines is 1. The molecule has 1 aliphatic heterocycles. The number of nitrogens with zero attached hydrogens (tertiary/aromatic N) is 1. The summed E-state index contributed by atoms with van der Waals surface area (Å²) in [7, 11) is 0. The maximum Gasteiger partial charge on any atom is 0.269 e. The first kappa shape index (κ1) is 14.5. The Labute approximate surface area is 142 Å². The second kappa shape index (κ2) is 5.49. The summed E-state index contributed by atoms with van der Waals surface area (Å²) in [5.41, 5.74) is 3.42. The van der Waals surface area contributed by atoms with E-state index in [1.807, 2.05) is 18.2 Å². The van der Waals surface area contributed by atoms with Crippen LogP contribution in [0.3, 0.4) is 0 Å². The predicted octanol–water partition coefficient (Wildman–Crippen LogP) is 5.18. The normalized spacial score (nSPS) is 24.7. The monoisotopic (exact) mass is 370 g/mol. The molecular weight excluding hydrogens is 356 g/mol. The van der Waals surface area contributed by atoms with E-state index in [-0.39, 0.29) is 22.6 Å². The highest BCUT2D eigenvalue weighted by Crippen LogP contribution is 2.50. The molecule has 2 aliphatic rings. The van der Waals surface area contributed by atoms with Gasteiger partial charge < -0.3 is 5.32 Å². The van der Waals surface area contributed by atoms with Crippen LogP contribution in [0, 0.1) is 16.0 Å². The van der Waals surface area contributed by atoms with Gasteiger partial charge in [-0.15, -0.1) is 0 Å². The maximum atomic E-state index is 11.1. The van der Waals surface area contributed by atoms with E-state index in [0.717, 1.165) is 22.1 Å². The maximum absolute atomic E-state index is 11.1. The first-order valence-electron chi connectivity index (χ1n) is 7.60. The van der Waals surface area contributed by atoms with Gasteiger partial charge >= 0.3 is 0 Å². The van der Waals surface area contributed by atoms with E-state index in [0.29, 0.717) is 5.92 Å². The predicted molar refractivity (Wildman–Crippen MR) is 93.6 cm³/mol. The molecule has 4 nitrogen and oxygen atoms in total. The molecule has 1 aliphatic carbocycles. The van der Waals surface area contributed by atoms with Crippen LogP contribution in [-0.2, 0) is 0 Å². The zero-order valence-corrected chi connectivity index (χ0v) is 13.9. The van der Waals surface area contributed by atoms with Crippen LogP contribution in [0.5, 0.6) is 0 Å². The van der Waals surface area contributed by atoms with Gasteiger partial charge in [0.25, 0.3) is 5.69 Å². The average Bonchev–Trinajstić information content (AvgIpc) is 3.03. The van der Waals surface area contributed by atoms with E-state index in [9.17, 15) is 10.1 Å². The molecule has 23 heavy (non-hydrogen) atoms. The fourth-order valence-corrected chi connectivity index (χ4v) is 4.14. The highest BCUT2D eigenvalue weighted by Gasteiger charge is 2.38. The van der Waals surface area contributed by atoms with Crippen molar-refractivity contribution >= 4 is 27.3 Å². The summed E-state index contributed by atoms with van der Waals surface area (Å²) in [4.78, 5) is 10.7. The number of nitrogens with one attached hydrogen (secondary N) is 1. The smallest absolute Gasteiger partial charge is 0.269 e. The van der Waals surface area contributed by atoms with E-state index in [1.54, 1.807) is 12.1 Å². The standard InChI is InChI=1S/C18H15BrN2O2/c19-12-4-1-3-11(9-12)18-15-6-2-5-14(15)16-10-13(21(22)23)7-8-17(16)20-18/h1-5,7-10,14-15,18,20H,6H2/t14-,15+,18-/m0/s1.